The Bertz CT molecular complexity index is 1840. The number of carbonyl (C=O) groups excluding carboxylic acids is 2. The number of ether oxygens (including phenoxy) is 1. The molecule has 0 bridgehead atoms. The van der Waals surface area contributed by atoms with Crippen LogP contribution >= 0.6 is 11.6 Å². The van der Waals surface area contributed by atoms with Crippen molar-refractivity contribution in [2.24, 2.45) is 0 Å². The van der Waals surface area contributed by atoms with E-state index in [-0.39, 0.29) is 30.5 Å². The number of rotatable bonds is 14. The highest BCUT2D eigenvalue weighted by atomic mass is 35.5. The van der Waals surface area contributed by atoms with Crippen LogP contribution in [0.15, 0.2) is 72.8 Å². The van der Waals surface area contributed by atoms with Crippen LogP contribution in [-0.4, -0.2) is 63.2 Å². The van der Waals surface area contributed by atoms with Gasteiger partial charge in [-0.3, -0.25) is 9.59 Å². The van der Waals surface area contributed by atoms with Crippen molar-refractivity contribution in [3.05, 3.63) is 89.2 Å². The van der Waals surface area contributed by atoms with Gasteiger partial charge >= 0.3 is 30.0 Å². The lowest BCUT2D eigenvalue weighted by Crippen LogP contribution is -2.46. The van der Waals surface area contributed by atoms with Crippen LogP contribution < -0.4 is 31.3 Å². The minimum Gasteiger partial charge on any atom is -0.480 e. The van der Waals surface area contributed by atoms with Gasteiger partial charge in [-0.15, -0.1) is 0 Å². The lowest BCUT2D eigenvalue weighted by atomic mass is 10.1. The molecule has 0 spiro atoms. The first kappa shape index (κ1) is 35.6. The summed E-state index contributed by atoms with van der Waals surface area (Å²) in [7, 11) is 0. The zero-order chi connectivity index (χ0) is 35.9. The van der Waals surface area contributed by atoms with Crippen LogP contribution in [-0.2, 0) is 19.9 Å². The highest BCUT2D eigenvalue weighted by Gasteiger charge is 2.45. The Balaban J connectivity index is 1.18. The molecule has 1 fully saturated rings. The number of anilines is 5. The number of hydrogen-bond acceptors (Lipinski definition) is 10. The molecule has 1 aromatic heterocycles. The van der Waals surface area contributed by atoms with E-state index in [1.165, 1.54) is 12.1 Å². The third kappa shape index (κ3) is 10.1. The topological polar surface area (TPSA) is 179 Å². The van der Waals surface area contributed by atoms with Crippen molar-refractivity contribution in [1.29, 1.82) is 0 Å². The Morgan fingerprint density at radius 3 is 2.22 bits per heavy atom. The van der Waals surface area contributed by atoms with Crippen molar-refractivity contribution in [3.8, 4) is 6.01 Å². The fourth-order valence-corrected chi connectivity index (χ4v) is 4.80. The van der Waals surface area contributed by atoms with Gasteiger partial charge in [-0.2, -0.15) is 28.1 Å². The lowest BCUT2D eigenvalue weighted by Gasteiger charge is -2.19. The van der Waals surface area contributed by atoms with Crippen molar-refractivity contribution in [3.63, 3.8) is 0 Å². The number of carbonyl (C=O) groups is 3. The minimum atomic E-state index is -4.62. The largest absolute Gasteiger partial charge is 0.480 e. The molecule has 0 radical (unpaired) electrons. The summed E-state index contributed by atoms with van der Waals surface area (Å²) in [6.45, 7) is -1.53. The van der Waals surface area contributed by atoms with Gasteiger partial charge in [0.2, 0.25) is 11.9 Å². The Labute approximate surface area is 286 Å². The van der Waals surface area contributed by atoms with Gasteiger partial charge in [0, 0.05) is 28.6 Å². The quantitative estimate of drug-likeness (QED) is 0.0721. The number of alkyl halides is 3. The predicted molar refractivity (Wildman–Crippen MR) is 175 cm³/mol. The first-order valence-corrected chi connectivity index (χ1v) is 15.4. The number of aromatic nitrogens is 3. The number of nitrogens with zero attached hydrogens (tertiary/aromatic N) is 3. The van der Waals surface area contributed by atoms with Crippen molar-refractivity contribution >= 4 is 58.3 Å². The predicted octanol–water partition coefficient (Wildman–Crippen LogP) is 5.46. The average molecular weight is 717 g/mol. The molecule has 1 aliphatic carbocycles. The fraction of sp³-hybridized carbons (Fsp3) is 0.250. The number of carboxylic acid groups (broad SMARTS) is 1. The SMILES string of the molecule is O=C(Nc1cccc(F)c1)C(=O)N[C@H](CCNc1ccc(Nc2nc(NC3(c4ccc(Cl)cc4)CC3)nc(OCC(F)(F)F)n2)cc1)C(=O)O. The molecule has 0 aliphatic heterocycles. The van der Waals surface area contributed by atoms with Crippen molar-refractivity contribution in [2.45, 2.75) is 37.0 Å². The number of halogens is 5. The molecule has 13 nitrogen and oxygen atoms in total. The number of hydrogen-bond donors (Lipinski definition) is 6. The van der Waals surface area contributed by atoms with E-state index < -0.39 is 54.0 Å². The maximum Gasteiger partial charge on any atom is 0.422 e. The molecule has 18 heteroatoms. The number of aliphatic carboxylic acids is 1. The lowest BCUT2D eigenvalue weighted by molar-refractivity contribution is -0.154. The number of carboxylic acids is 1. The Morgan fingerprint density at radius 2 is 1.58 bits per heavy atom. The molecule has 1 atom stereocenters. The summed E-state index contributed by atoms with van der Waals surface area (Å²) >= 11 is 6.01. The molecule has 5 rings (SSSR count). The summed E-state index contributed by atoms with van der Waals surface area (Å²) in [5.41, 5.74) is 1.41. The molecule has 3 aromatic carbocycles. The van der Waals surface area contributed by atoms with Gasteiger partial charge in [0.05, 0.1) is 5.54 Å². The van der Waals surface area contributed by atoms with Crippen LogP contribution in [0.2, 0.25) is 5.02 Å². The van der Waals surface area contributed by atoms with Crippen LogP contribution in [0.25, 0.3) is 0 Å². The smallest absolute Gasteiger partial charge is 0.422 e. The molecule has 1 saturated carbocycles. The van der Waals surface area contributed by atoms with E-state index in [9.17, 15) is 37.1 Å². The number of nitrogens with one attached hydrogen (secondary N) is 5. The van der Waals surface area contributed by atoms with E-state index in [2.05, 4.69) is 41.5 Å². The van der Waals surface area contributed by atoms with Crippen LogP contribution in [0.3, 0.4) is 0 Å². The van der Waals surface area contributed by atoms with Crippen LogP contribution in [0, 0.1) is 5.82 Å². The Kier molecular flexibility index (Phi) is 10.8. The van der Waals surface area contributed by atoms with E-state index in [0.717, 1.165) is 30.5 Å². The summed E-state index contributed by atoms with van der Waals surface area (Å²) in [6, 6.07) is 16.5. The van der Waals surface area contributed by atoms with E-state index in [1.54, 1.807) is 36.4 Å². The van der Waals surface area contributed by atoms with Gasteiger partial charge in [0.25, 0.3) is 0 Å². The summed E-state index contributed by atoms with van der Waals surface area (Å²) in [4.78, 5) is 48.4. The average Bonchev–Trinajstić information content (AvgIpc) is 3.84. The highest BCUT2D eigenvalue weighted by Crippen LogP contribution is 2.48. The van der Waals surface area contributed by atoms with Crippen LogP contribution in [0.1, 0.15) is 24.8 Å². The van der Waals surface area contributed by atoms with Crippen LogP contribution in [0.5, 0.6) is 6.01 Å². The van der Waals surface area contributed by atoms with Gasteiger partial charge in [0.15, 0.2) is 6.61 Å². The third-order valence-corrected chi connectivity index (χ3v) is 7.53. The molecule has 262 valence electrons. The second kappa shape index (κ2) is 15.2. The maximum absolute atomic E-state index is 13.3. The molecular weight excluding hydrogens is 688 g/mol. The standard InChI is InChI=1S/C32H29ClF4N8O5/c33-19-6-4-18(5-7-19)31(13-14-31)45-29-42-28(43-30(44-29)50-17-32(35,36)37)40-22-10-8-21(9-11-22)38-15-12-24(27(48)49)41-26(47)25(46)39-23-3-1-2-20(34)16-23/h1-11,16,24,38H,12-15,17H2,(H,39,46)(H,41,47)(H,48,49)(H2,40,42,43,44,45)/t24-/m1/s1. The molecule has 0 saturated heterocycles. The molecular formula is C32H29ClF4N8O5. The van der Waals surface area contributed by atoms with Crippen molar-refractivity contribution < 1.29 is 41.8 Å². The van der Waals surface area contributed by atoms with E-state index in [0.29, 0.717) is 16.4 Å². The zero-order valence-electron chi connectivity index (χ0n) is 25.9. The summed E-state index contributed by atoms with van der Waals surface area (Å²) < 4.78 is 56.8. The summed E-state index contributed by atoms with van der Waals surface area (Å²) in [6.07, 6.45) is -3.27. The zero-order valence-corrected chi connectivity index (χ0v) is 26.6. The van der Waals surface area contributed by atoms with Crippen molar-refractivity contribution in [1.82, 2.24) is 20.3 Å². The van der Waals surface area contributed by atoms with E-state index in [1.807, 2.05) is 12.1 Å². The Hall–Kier alpha value is -5.71. The van der Waals surface area contributed by atoms with Gasteiger partial charge in [-0.25, -0.2) is 9.18 Å². The fourth-order valence-electron chi connectivity index (χ4n) is 4.67. The molecule has 1 aliphatic rings. The Morgan fingerprint density at radius 1 is 0.900 bits per heavy atom. The third-order valence-electron chi connectivity index (χ3n) is 7.27. The van der Waals surface area contributed by atoms with E-state index in [4.69, 9.17) is 16.3 Å². The summed E-state index contributed by atoms with van der Waals surface area (Å²) in [5, 5.41) is 23.5. The first-order chi connectivity index (χ1) is 23.8. The second-order valence-corrected chi connectivity index (χ2v) is 11.6. The van der Waals surface area contributed by atoms with Crippen LogP contribution in [0.4, 0.5) is 46.5 Å². The van der Waals surface area contributed by atoms with Gasteiger partial charge < -0.3 is 36.4 Å². The van der Waals surface area contributed by atoms with Crippen molar-refractivity contribution in [2.75, 3.05) is 34.4 Å². The number of amides is 2. The minimum absolute atomic E-state index is 0.00284. The molecule has 2 amide bonds. The monoisotopic (exact) mass is 716 g/mol. The molecule has 4 aromatic rings. The normalized spacial score (nSPS) is 13.8. The number of benzene rings is 3. The summed E-state index contributed by atoms with van der Waals surface area (Å²) in [5.74, 6) is -4.46. The second-order valence-electron chi connectivity index (χ2n) is 11.1. The van der Waals surface area contributed by atoms with Gasteiger partial charge in [0.1, 0.15) is 11.9 Å². The van der Waals surface area contributed by atoms with Gasteiger partial charge in [-0.1, -0.05) is 29.8 Å². The highest BCUT2D eigenvalue weighted by molar-refractivity contribution is 6.40. The molecule has 6 N–H and O–H groups in total. The molecule has 50 heavy (non-hydrogen) atoms. The van der Waals surface area contributed by atoms with Gasteiger partial charge in [-0.05, 0) is 79.4 Å². The first-order valence-electron chi connectivity index (χ1n) is 15.0. The molecule has 0 unspecified atom stereocenters. The van der Waals surface area contributed by atoms with E-state index >= 15 is 0 Å². The maximum atomic E-state index is 13.3. The molecule has 1 heterocycles.